The van der Waals surface area contributed by atoms with Gasteiger partial charge in [0, 0.05) is 4.47 Å². The van der Waals surface area contributed by atoms with Crippen molar-refractivity contribution < 1.29 is 12.9 Å². The number of halogens is 1. The quantitative estimate of drug-likeness (QED) is 0.920. The number of nitrogens with zero attached hydrogens (tertiary/aromatic N) is 2. The van der Waals surface area contributed by atoms with Crippen LogP contribution in [0.2, 0.25) is 0 Å². The predicted octanol–water partition coefficient (Wildman–Crippen LogP) is 1.62. The predicted molar refractivity (Wildman–Crippen MR) is 67.2 cm³/mol. The fraction of sp³-hybridized carbons (Fsp3) is 0.200. The van der Waals surface area contributed by atoms with Gasteiger partial charge < -0.3 is 4.52 Å². The molecule has 18 heavy (non-hydrogen) atoms. The molecule has 0 saturated heterocycles. The number of benzene rings is 1. The molecule has 0 bridgehead atoms. The Bertz CT molecular complexity index is 654. The van der Waals surface area contributed by atoms with Gasteiger partial charge in [0.1, 0.15) is 0 Å². The van der Waals surface area contributed by atoms with Crippen LogP contribution >= 0.6 is 15.9 Å². The molecule has 0 amide bonds. The molecule has 0 unspecified atom stereocenters. The van der Waals surface area contributed by atoms with Crippen molar-refractivity contribution >= 4 is 26.0 Å². The third-order valence-electron chi connectivity index (χ3n) is 2.09. The largest absolute Gasteiger partial charge is 0.338 e. The molecule has 1 N–H and O–H groups in total. The molecule has 1 aromatic carbocycles. The van der Waals surface area contributed by atoms with Gasteiger partial charge >= 0.3 is 0 Å². The molecule has 0 radical (unpaired) electrons. The molecule has 2 rings (SSSR count). The fourth-order valence-corrected chi connectivity index (χ4v) is 2.86. The van der Waals surface area contributed by atoms with Crippen molar-refractivity contribution in [2.75, 3.05) is 0 Å². The molecule has 1 aromatic heterocycles. The van der Waals surface area contributed by atoms with E-state index >= 15 is 0 Å². The fourth-order valence-electron chi connectivity index (χ4n) is 1.29. The summed E-state index contributed by atoms with van der Waals surface area (Å²) in [6, 6.07) is 6.42. The highest BCUT2D eigenvalue weighted by Gasteiger charge is 2.15. The van der Waals surface area contributed by atoms with Gasteiger partial charge in [0.15, 0.2) is 5.82 Å². The van der Waals surface area contributed by atoms with Gasteiger partial charge in [-0.3, -0.25) is 0 Å². The maximum absolute atomic E-state index is 11.9. The van der Waals surface area contributed by atoms with Gasteiger partial charge in [0.25, 0.3) is 0 Å². The highest BCUT2D eigenvalue weighted by Crippen LogP contribution is 2.16. The minimum atomic E-state index is -3.58. The molecule has 2 aromatic rings. The van der Waals surface area contributed by atoms with E-state index in [1.54, 1.807) is 19.1 Å². The third kappa shape index (κ3) is 3.15. The monoisotopic (exact) mass is 331 g/mol. The number of nitrogens with one attached hydrogen (secondary N) is 1. The molecule has 0 aliphatic heterocycles. The summed E-state index contributed by atoms with van der Waals surface area (Å²) in [5.74, 6) is 0.692. The minimum Gasteiger partial charge on any atom is -0.338 e. The SMILES string of the molecule is Cc1noc(CNS(=O)(=O)c2cccc(Br)c2)n1. The van der Waals surface area contributed by atoms with E-state index in [0.29, 0.717) is 10.3 Å². The summed E-state index contributed by atoms with van der Waals surface area (Å²) >= 11 is 3.22. The summed E-state index contributed by atoms with van der Waals surface area (Å²) < 4.78 is 31.8. The molecular weight excluding hydrogens is 322 g/mol. The molecule has 1 heterocycles. The Morgan fingerprint density at radius 3 is 2.83 bits per heavy atom. The molecule has 0 fully saturated rings. The van der Waals surface area contributed by atoms with E-state index in [-0.39, 0.29) is 17.3 Å². The van der Waals surface area contributed by atoms with E-state index in [4.69, 9.17) is 4.52 Å². The smallest absolute Gasteiger partial charge is 0.241 e. The summed E-state index contributed by atoms with van der Waals surface area (Å²) in [7, 11) is -3.58. The van der Waals surface area contributed by atoms with Gasteiger partial charge in [-0.2, -0.15) is 4.98 Å². The van der Waals surface area contributed by atoms with Crippen LogP contribution in [0.15, 0.2) is 38.2 Å². The Kier molecular flexibility index (Phi) is 3.79. The Morgan fingerprint density at radius 1 is 1.44 bits per heavy atom. The maximum atomic E-state index is 11.9. The van der Waals surface area contributed by atoms with Gasteiger partial charge in [-0.25, -0.2) is 13.1 Å². The number of hydrogen-bond donors (Lipinski definition) is 1. The molecule has 6 nitrogen and oxygen atoms in total. The Balaban J connectivity index is 2.13. The van der Waals surface area contributed by atoms with Crippen molar-refractivity contribution in [3.63, 3.8) is 0 Å². The molecule has 0 spiro atoms. The van der Waals surface area contributed by atoms with Crippen molar-refractivity contribution in [3.8, 4) is 0 Å². The normalized spacial score (nSPS) is 11.7. The lowest BCUT2D eigenvalue weighted by molar-refractivity contribution is 0.372. The molecule has 0 aliphatic rings. The average Bonchev–Trinajstić information content (AvgIpc) is 2.73. The summed E-state index contributed by atoms with van der Waals surface area (Å²) in [4.78, 5) is 4.09. The number of aryl methyl sites for hydroxylation is 1. The van der Waals surface area contributed by atoms with Crippen LogP contribution in [0.3, 0.4) is 0 Å². The van der Waals surface area contributed by atoms with Crippen LogP contribution in [0.25, 0.3) is 0 Å². The van der Waals surface area contributed by atoms with Gasteiger partial charge in [0.05, 0.1) is 11.4 Å². The number of hydrogen-bond acceptors (Lipinski definition) is 5. The van der Waals surface area contributed by atoms with Crippen LogP contribution in [0.5, 0.6) is 0 Å². The molecular formula is C10H10BrN3O3S. The minimum absolute atomic E-state index is 0.0321. The number of rotatable bonds is 4. The highest BCUT2D eigenvalue weighted by molar-refractivity contribution is 9.10. The molecule has 8 heteroatoms. The van der Waals surface area contributed by atoms with Crippen LogP contribution in [0.1, 0.15) is 11.7 Å². The van der Waals surface area contributed by atoms with Gasteiger partial charge in [-0.1, -0.05) is 27.2 Å². The van der Waals surface area contributed by atoms with E-state index in [1.807, 2.05) is 0 Å². The Hall–Kier alpha value is -1.25. The lowest BCUT2D eigenvalue weighted by Crippen LogP contribution is -2.23. The first-order chi connectivity index (χ1) is 8.47. The van der Waals surface area contributed by atoms with Crippen molar-refractivity contribution in [2.45, 2.75) is 18.4 Å². The lowest BCUT2D eigenvalue weighted by atomic mass is 10.4. The summed E-state index contributed by atoms with van der Waals surface area (Å²) in [5, 5.41) is 3.58. The third-order valence-corrected chi connectivity index (χ3v) is 3.98. The first-order valence-corrected chi connectivity index (χ1v) is 7.29. The maximum Gasteiger partial charge on any atom is 0.241 e. The zero-order chi connectivity index (χ0) is 13.2. The zero-order valence-corrected chi connectivity index (χ0v) is 11.8. The summed E-state index contributed by atoms with van der Waals surface area (Å²) in [6.45, 7) is 1.63. The Labute approximate surface area is 113 Å². The topological polar surface area (TPSA) is 85.1 Å². The van der Waals surface area contributed by atoms with Gasteiger partial charge in [0.2, 0.25) is 15.9 Å². The van der Waals surface area contributed by atoms with Crippen LogP contribution in [-0.2, 0) is 16.6 Å². The average molecular weight is 332 g/mol. The van der Waals surface area contributed by atoms with Crippen molar-refractivity contribution in [1.29, 1.82) is 0 Å². The second-order valence-corrected chi connectivity index (χ2v) is 6.20. The summed E-state index contributed by atoms with van der Waals surface area (Å²) in [5.41, 5.74) is 0. The van der Waals surface area contributed by atoms with E-state index in [9.17, 15) is 8.42 Å². The van der Waals surface area contributed by atoms with Gasteiger partial charge in [-0.15, -0.1) is 0 Å². The van der Waals surface area contributed by atoms with E-state index in [2.05, 4.69) is 30.8 Å². The van der Waals surface area contributed by atoms with Crippen LogP contribution in [-0.4, -0.2) is 18.6 Å². The standard InChI is InChI=1S/C10H10BrN3O3S/c1-7-13-10(17-14-7)6-12-18(15,16)9-4-2-3-8(11)5-9/h2-5,12H,6H2,1H3. The highest BCUT2D eigenvalue weighted by atomic mass is 79.9. The molecule has 96 valence electrons. The van der Waals surface area contributed by atoms with Crippen molar-refractivity contribution in [1.82, 2.24) is 14.9 Å². The second kappa shape index (κ2) is 5.17. The van der Waals surface area contributed by atoms with Crippen LogP contribution in [0, 0.1) is 6.92 Å². The van der Waals surface area contributed by atoms with Crippen molar-refractivity contribution in [2.24, 2.45) is 0 Å². The van der Waals surface area contributed by atoms with Gasteiger partial charge in [-0.05, 0) is 25.1 Å². The van der Waals surface area contributed by atoms with E-state index in [1.165, 1.54) is 12.1 Å². The molecule has 0 atom stereocenters. The zero-order valence-electron chi connectivity index (χ0n) is 9.42. The van der Waals surface area contributed by atoms with Crippen molar-refractivity contribution in [3.05, 3.63) is 40.5 Å². The molecule has 0 aliphatic carbocycles. The molecule has 0 saturated carbocycles. The second-order valence-electron chi connectivity index (χ2n) is 3.52. The number of sulfonamides is 1. The Morgan fingerprint density at radius 2 is 2.22 bits per heavy atom. The van der Waals surface area contributed by atoms with E-state index < -0.39 is 10.0 Å². The summed E-state index contributed by atoms with van der Waals surface area (Å²) in [6.07, 6.45) is 0. The van der Waals surface area contributed by atoms with Crippen LogP contribution in [0.4, 0.5) is 0 Å². The lowest BCUT2D eigenvalue weighted by Gasteiger charge is -2.04. The van der Waals surface area contributed by atoms with E-state index in [0.717, 1.165) is 0 Å². The number of aromatic nitrogens is 2. The van der Waals surface area contributed by atoms with Crippen LogP contribution < -0.4 is 4.72 Å². The first-order valence-electron chi connectivity index (χ1n) is 5.02. The first kappa shape index (κ1) is 13.2.